The maximum atomic E-state index is 5.61. The van der Waals surface area contributed by atoms with Gasteiger partial charge in [0.25, 0.3) is 0 Å². The van der Waals surface area contributed by atoms with Crippen LogP contribution < -0.4 is 5.32 Å². The second kappa shape index (κ2) is 5.98. The maximum Gasteiger partial charge on any atom is 0.121 e. The van der Waals surface area contributed by atoms with Gasteiger partial charge in [0.2, 0.25) is 0 Å². The predicted octanol–water partition coefficient (Wildman–Crippen LogP) is 2.00. The number of ether oxygens (including phenoxy) is 1. The van der Waals surface area contributed by atoms with Crippen molar-refractivity contribution in [1.29, 1.82) is 0 Å². The molecule has 4 unspecified atom stereocenters. The number of alkyl halides is 1. The van der Waals surface area contributed by atoms with Gasteiger partial charge in [-0.25, -0.2) is 0 Å². The summed E-state index contributed by atoms with van der Waals surface area (Å²) in [6.45, 7) is 7.73. The van der Waals surface area contributed by atoms with Crippen molar-refractivity contribution >= 4 is 22.6 Å². The zero-order chi connectivity index (χ0) is 11.5. The van der Waals surface area contributed by atoms with Gasteiger partial charge in [0.05, 0.1) is 6.61 Å². The molecule has 2 rings (SSSR count). The number of hydrogen-bond acceptors (Lipinski definition) is 3. The molecule has 2 aliphatic rings. The largest absolute Gasteiger partial charge is 0.365 e. The van der Waals surface area contributed by atoms with Gasteiger partial charge < -0.3 is 10.1 Å². The molecule has 0 spiro atoms. The van der Waals surface area contributed by atoms with Crippen LogP contribution in [0.4, 0.5) is 0 Å². The molecule has 1 N–H and O–H groups in total. The van der Waals surface area contributed by atoms with Crippen LogP contribution in [0, 0.1) is 0 Å². The Labute approximate surface area is 112 Å². The van der Waals surface area contributed by atoms with Crippen LogP contribution in [0.3, 0.4) is 0 Å². The molecule has 0 saturated carbocycles. The topological polar surface area (TPSA) is 24.5 Å². The third-order valence-corrected chi connectivity index (χ3v) is 4.52. The maximum absolute atomic E-state index is 5.61. The highest BCUT2D eigenvalue weighted by atomic mass is 127. The van der Waals surface area contributed by atoms with Crippen LogP contribution in [0.15, 0.2) is 0 Å². The monoisotopic (exact) mass is 338 g/mol. The summed E-state index contributed by atoms with van der Waals surface area (Å²) in [4.78, 5) is 2.64. The number of nitrogens with one attached hydrogen (secondary N) is 1. The summed E-state index contributed by atoms with van der Waals surface area (Å²) in [5.41, 5.74) is 0. The third kappa shape index (κ3) is 3.31. The Kier molecular flexibility index (Phi) is 4.88. The number of rotatable bonds is 2. The van der Waals surface area contributed by atoms with Gasteiger partial charge in [-0.3, -0.25) is 4.90 Å². The summed E-state index contributed by atoms with van der Waals surface area (Å²) in [6.07, 6.45) is 3.85. The van der Waals surface area contributed by atoms with E-state index in [0.717, 1.165) is 25.7 Å². The minimum Gasteiger partial charge on any atom is -0.365 e. The Morgan fingerprint density at radius 3 is 2.94 bits per heavy atom. The lowest BCUT2D eigenvalue weighted by atomic mass is 9.92. The van der Waals surface area contributed by atoms with E-state index in [-0.39, 0.29) is 0 Å². The SMILES string of the molecule is CCC1CC(N2CCOC(I)C2)CC(C)N1. The molecule has 0 aromatic rings. The molecule has 16 heavy (non-hydrogen) atoms. The first-order valence-electron chi connectivity index (χ1n) is 6.44. The molecule has 3 nitrogen and oxygen atoms in total. The Balaban J connectivity index is 1.91. The molecule has 0 aromatic heterocycles. The molecule has 2 aliphatic heterocycles. The summed E-state index contributed by atoms with van der Waals surface area (Å²) < 4.78 is 5.99. The lowest BCUT2D eigenvalue weighted by molar-refractivity contribution is -0.00644. The van der Waals surface area contributed by atoms with E-state index < -0.39 is 0 Å². The predicted molar refractivity (Wildman–Crippen MR) is 75.0 cm³/mol. The fraction of sp³-hybridized carbons (Fsp3) is 1.00. The Morgan fingerprint density at radius 1 is 1.44 bits per heavy atom. The van der Waals surface area contributed by atoms with E-state index in [0.29, 0.717) is 16.2 Å². The van der Waals surface area contributed by atoms with Crippen molar-refractivity contribution in [3.05, 3.63) is 0 Å². The van der Waals surface area contributed by atoms with Gasteiger partial charge in [-0.1, -0.05) is 6.92 Å². The molecule has 2 fully saturated rings. The number of nitrogens with zero attached hydrogens (tertiary/aromatic N) is 1. The van der Waals surface area contributed by atoms with Crippen LogP contribution in [0.5, 0.6) is 0 Å². The van der Waals surface area contributed by atoms with Gasteiger partial charge >= 0.3 is 0 Å². The first-order valence-corrected chi connectivity index (χ1v) is 7.69. The smallest absolute Gasteiger partial charge is 0.121 e. The fourth-order valence-electron chi connectivity index (χ4n) is 2.91. The van der Waals surface area contributed by atoms with Crippen molar-refractivity contribution in [1.82, 2.24) is 10.2 Å². The van der Waals surface area contributed by atoms with Crippen LogP contribution in [-0.4, -0.2) is 46.8 Å². The zero-order valence-electron chi connectivity index (χ0n) is 10.3. The normalized spacial score (nSPS) is 42.2. The molecule has 0 bridgehead atoms. The molecule has 4 heteroatoms. The van der Waals surface area contributed by atoms with Crippen molar-refractivity contribution in [2.75, 3.05) is 19.7 Å². The molecule has 94 valence electrons. The van der Waals surface area contributed by atoms with Crippen molar-refractivity contribution in [3.8, 4) is 0 Å². The van der Waals surface area contributed by atoms with Crippen LogP contribution in [-0.2, 0) is 4.74 Å². The zero-order valence-corrected chi connectivity index (χ0v) is 12.4. The summed E-state index contributed by atoms with van der Waals surface area (Å²) in [5.74, 6) is 0. The minimum atomic E-state index is 0.386. The van der Waals surface area contributed by atoms with E-state index in [9.17, 15) is 0 Å². The summed E-state index contributed by atoms with van der Waals surface area (Å²) in [5, 5.41) is 3.69. The van der Waals surface area contributed by atoms with Crippen LogP contribution in [0.1, 0.15) is 33.1 Å². The molecule has 0 aliphatic carbocycles. The lowest BCUT2D eigenvalue weighted by Crippen LogP contribution is -2.54. The Hall–Kier alpha value is 0.610. The number of hydrogen-bond donors (Lipinski definition) is 1. The lowest BCUT2D eigenvalue weighted by Gasteiger charge is -2.43. The Morgan fingerprint density at radius 2 is 2.25 bits per heavy atom. The standard InChI is InChI=1S/C12H23IN2O/c1-3-10-7-11(6-9(2)14-10)15-4-5-16-12(13)8-15/h9-12,14H,3-8H2,1-2H3. The van der Waals surface area contributed by atoms with E-state index in [1.54, 1.807) is 0 Å². The minimum absolute atomic E-state index is 0.386. The summed E-state index contributed by atoms with van der Waals surface area (Å²) >= 11 is 2.41. The quantitative estimate of drug-likeness (QED) is 0.616. The Bertz CT molecular complexity index is 227. The van der Waals surface area contributed by atoms with Gasteiger partial charge in [-0.2, -0.15) is 0 Å². The van der Waals surface area contributed by atoms with E-state index in [1.165, 1.54) is 19.3 Å². The first-order chi connectivity index (χ1) is 7.69. The average molecular weight is 338 g/mol. The second-order valence-corrected chi connectivity index (χ2v) is 6.46. The molecule has 0 radical (unpaired) electrons. The van der Waals surface area contributed by atoms with Crippen molar-refractivity contribution in [3.63, 3.8) is 0 Å². The van der Waals surface area contributed by atoms with E-state index in [1.807, 2.05) is 0 Å². The fourth-order valence-corrected chi connectivity index (χ4v) is 3.67. The van der Waals surface area contributed by atoms with Gasteiger partial charge in [0, 0.05) is 31.2 Å². The van der Waals surface area contributed by atoms with E-state index in [4.69, 9.17) is 4.74 Å². The first kappa shape index (κ1) is 13.1. The highest BCUT2D eigenvalue weighted by Gasteiger charge is 2.31. The van der Waals surface area contributed by atoms with Crippen LogP contribution >= 0.6 is 22.6 Å². The summed E-state index contributed by atoms with van der Waals surface area (Å²) in [6, 6.07) is 2.14. The molecular weight excluding hydrogens is 315 g/mol. The number of morpholine rings is 1. The van der Waals surface area contributed by atoms with Gasteiger partial charge in [0.1, 0.15) is 4.11 Å². The molecule has 4 atom stereocenters. The van der Waals surface area contributed by atoms with Gasteiger partial charge in [0.15, 0.2) is 0 Å². The van der Waals surface area contributed by atoms with Gasteiger partial charge in [-0.15, -0.1) is 0 Å². The molecule has 2 saturated heterocycles. The van der Waals surface area contributed by atoms with E-state index >= 15 is 0 Å². The van der Waals surface area contributed by atoms with Gasteiger partial charge in [-0.05, 0) is 48.8 Å². The van der Waals surface area contributed by atoms with Crippen molar-refractivity contribution < 1.29 is 4.74 Å². The highest BCUT2D eigenvalue weighted by Crippen LogP contribution is 2.24. The highest BCUT2D eigenvalue weighted by molar-refractivity contribution is 14.1. The molecule has 2 heterocycles. The average Bonchev–Trinajstić information content (AvgIpc) is 2.28. The summed E-state index contributed by atoms with van der Waals surface area (Å²) in [7, 11) is 0. The second-order valence-electron chi connectivity index (χ2n) is 5.07. The van der Waals surface area contributed by atoms with E-state index in [2.05, 4.69) is 46.7 Å². The molecule has 0 amide bonds. The molecule has 0 aromatic carbocycles. The number of piperidine rings is 1. The van der Waals surface area contributed by atoms with Crippen molar-refractivity contribution in [2.24, 2.45) is 0 Å². The molecular formula is C12H23IN2O. The van der Waals surface area contributed by atoms with Crippen LogP contribution in [0.2, 0.25) is 0 Å². The van der Waals surface area contributed by atoms with Crippen LogP contribution in [0.25, 0.3) is 0 Å². The van der Waals surface area contributed by atoms with Crippen molar-refractivity contribution in [2.45, 2.75) is 55.3 Å². The third-order valence-electron chi connectivity index (χ3n) is 3.77. The number of halogens is 1.